The van der Waals surface area contributed by atoms with E-state index in [-0.39, 0.29) is 6.10 Å². The third-order valence-corrected chi connectivity index (χ3v) is 5.60. The Bertz CT molecular complexity index is 685. The van der Waals surface area contributed by atoms with Crippen molar-refractivity contribution >= 4 is 17.4 Å². The van der Waals surface area contributed by atoms with Gasteiger partial charge in [-0.05, 0) is 49.9 Å². The van der Waals surface area contributed by atoms with Crippen LogP contribution in [0.4, 0.5) is 5.82 Å². The monoisotopic (exact) mass is 345 g/mol. The molecule has 0 saturated carbocycles. The van der Waals surface area contributed by atoms with Crippen molar-refractivity contribution < 1.29 is 4.74 Å². The molecule has 2 fully saturated rings. The van der Waals surface area contributed by atoms with Gasteiger partial charge in [0, 0.05) is 38.9 Å². The van der Waals surface area contributed by atoms with Crippen molar-refractivity contribution in [2.24, 2.45) is 0 Å². The highest BCUT2D eigenvalue weighted by atomic mass is 32.1. The molecule has 7 heteroatoms. The van der Waals surface area contributed by atoms with Gasteiger partial charge >= 0.3 is 0 Å². The van der Waals surface area contributed by atoms with Gasteiger partial charge in [0.2, 0.25) is 0 Å². The van der Waals surface area contributed by atoms with Gasteiger partial charge in [0.25, 0.3) is 0 Å². The standard InChI is InChI=1S/C17H23N5OS/c1-13-16(24-20-19-13)12-21-10-6-14(11-21)23-15-5-4-7-18-17(15)22-8-2-3-9-22/h4-5,7,14H,2-3,6,8-12H2,1H3. The van der Waals surface area contributed by atoms with Crippen molar-refractivity contribution in [1.82, 2.24) is 19.5 Å². The molecule has 24 heavy (non-hydrogen) atoms. The van der Waals surface area contributed by atoms with E-state index in [1.807, 2.05) is 19.2 Å². The summed E-state index contributed by atoms with van der Waals surface area (Å²) >= 11 is 1.50. The Morgan fingerprint density at radius 1 is 1.29 bits per heavy atom. The molecule has 1 atom stereocenters. The predicted octanol–water partition coefficient (Wildman–Crippen LogP) is 2.50. The van der Waals surface area contributed by atoms with Crippen molar-refractivity contribution in [2.45, 2.75) is 38.8 Å². The maximum Gasteiger partial charge on any atom is 0.171 e. The van der Waals surface area contributed by atoms with E-state index in [1.54, 1.807) is 0 Å². The number of hydrogen-bond acceptors (Lipinski definition) is 7. The lowest BCUT2D eigenvalue weighted by Crippen LogP contribution is -2.26. The molecule has 2 aromatic rings. The van der Waals surface area contributed by atoms with E-state index in [9.17, 15) is 0 Å². The molecule has 1 unspecified atom stereocenters. The predicted molar refractivity (Wildman–Crippen MR) is 94.6 cm³/mol. The van der Waals surface area contributed by atoms with Crippen LogP contribution in [0.3, 0.4) is 0 Å². The molecule has 2 saturated heterocycles. The summed E-state index contributed by atoms with van der Waals surface area (Å²) < 4.78 is 10.4. The number of pyridine rings is 1. The number of hydrogen-bond donors (Lipinski definition) is 0. The van der Waals surface area contributed by atoms with E-state index in [1.165, 1.54) is 29.3 Å². The van der Waals surface area contributed by atoms with Crippen LogP contribution < -0.4 is 9.64 Å². The molecule has 0 spiro atoms. The van der Waals surface area contributed by atoms with Crippen LogP contribution >= 0.6 is 11.5 Å². The van der Waals surface area contributed by atoms with Gasteiger partial charge in [-0.15, -0.1) is 5.10 Å². The van der Waals surface area contributed by atoms with Gasteiger partial charge in [0.05, 0.1) is 10.6 Å². The topological polar surface area (TPSA) is 54.4 Å². The zero-order valence-corrected chi connectivity index (χ0v) is 14.8. The molecule has 2 aliphatic rings. The number of ether oxygens (including phenoxy) is 1. The number of aromatic nitrogens is 3. The Balaban J connectivity index is 1.39. The molecular formula is C17H23N5OS. The van der Waals surface area contributed by atoms with Gasteiger partial charge in [0.15, 0.2) is 11.6 Å². The number of aryl methyl sites for hydroxylation is 1. The summed E-state index contributed by atoms with van der Waals surface area (Å²) in [5.74, 6) is 1.94. The molecule has 2 aliphatic heterocycles. The van der Waals surface area contributed by atoms with Gasteiger partial charge in [-0.2, -0.15) is 0 Å². The molecule has 2 aromatic heterocycles. The molecule has 6 nitrogen and oxygen atoms in total. The lowest BCUT2D eigenvalue weighted by atomic mass is 10.3. The molecule has 0 radical (unpaired) electrons. The SMILES string of the molecule is Cc1nnsc1CN1CCC(Oc2cccnc2N2CCCC2)C1. The lowest BCUT2D eigenvalue weighted by molar-refractivity contribution is 0.198. The molecule has 4 rings (SSSR count). The van der Waals surface area contributed by atoms with Crippen LogP contribution in [0.2, 0.25) is 0 Å². The third-order valence-electron chi connectivity index (χ3n) is 4.79. The highest BCUT2D eigenvalue weighted by molar-refractivity contribution is 7.05. The summed E-state index contributed by atoms with van der Waals surface area (Å²) in [5.41, 5.74) is 1.05. The van der Waals surface area contributed by atoms with Crippen LogP contribution in [-0.4, -0.2) is 51.8 Å². The number of likely N-dealkylation sites (tertiary alicyclic amines) is 1. The van der Waals surface area contributed by atoms with Crippen LogP contribution in [-0.2, 0) is 6.54 Å². The van der Waals surface area contributed by atoms with Crippen molar-refractivity contribution in [2.75, 3.05) is 31.1 Å². The maximum absolute atomic E-state index is 6.32. The minimum atomic E-state index is 0.233. The Morgan fingerprint density at radius 2 is 2.17 bits per heavy atom. The smallest absolute Gasteiger partial charge is 0.171 e. The first kappa shape index (κ1) is 15.8. The fraction of sp³-hybridized carbons (Fsp3) is 0.588. The van der Waals surface area contributed by atoms with E-state index in [2.05, 4.69) is 30.4 Å². The zero-order chi connectivity index (χ0) is 16.4. The number of nitrogens with zero attached hydrogens (tertiary/aromatic N) is 5. The number of rotatable bonds is 5. The van der Waals surface area contributed by atoms with Gasteiger partial charge in [-0.3, -0.25) is 4.90 Å². The summed E-state index contributed by atoms with van der Waals surface area (Å²) in [6, 6.07) is 4.02. The quantitative estimate of drug-likeness (QED) is 0.830. The average Bonchev–Trinajstić information content (AvgIpc) is 3.32. The van der Waals surface area contributed by atoms with Gasteiger partial charge in [0.1, 0.15) is 6.10 Å². The van der Waals surface area contributed by atoms with E-state index in [4.69, 9.17) is 4.74 Å². The summed E-state index contributed by atoms with van der Waals surface area (Å²) in [6.07, 6.45) is 5.64. The highest BCUT2D eigenvalue weighted by Gasteiger charge is 2.27. The summed E-state index contributed by atoms with van der Waals surface area (Å²) in [7, 11) is 0. The largest absolute Gasteiger partial charge is 0.485 e. The molecule has 128 valence electrons. The molecule has 0 aliphatic carbocycles. The van der Waals surface area contributed by atoms with E-state index < -0.39 is 0 Å². The molecule has 0 amide bonds. The number of anilines is 1. The second-order valence-corrected chi connectivity index (χ2v) is 7.40. The Morgan fingerprint density at radius 3 is 2.96 bits per heavy atom. The van der Waals surface area contributed by atoms with Gasteiger partial charge < -0.3 is 9.64 Å². The molecule has 4 heterocycles. The minimum Gasteiger partial charge on any atom is -0.485 e. The zero-order valence-electron chi connectivity index (χ0n) is 14.0. The highest BCUT2D eigenvalue weighted by Crippen LogP contribution is 2.30. The molecule has 0 aromatic carbocycles. The van der Waals surface area contributed by atoms with Crippen molar-refractivity contribution in [3.8, 4) is 5.75 Å². The van der Waals surface area contributed by atoms with Crippen molar-refractivity contribution in [3.63, 3.8) is 0 Å². The van der Waals surface area contributed by atoms with Gasteiger partial charge in [-0.1, -0.05) is 4.49 Å². The second-order valence-electron chi connectivity index (χ2n) is 6.56. The fourth-order valence-electron chi connectivity index (χ4n) is 3.46. The maximum atomic E-state index is 6.32. The Kier molecular flexibility index (Phi) is 4.62. The van der Waals surface area contributed by atoms with E-state index >= 15 is 0 Å². The van der Waals surface area contributed by atoms with Crippen LogP contribution in [0, 0.1) is 6.92 Å². The summed E-state index contributed by atoms with van der Waals surface area (Å²) in [4.78, 5) is 10.6. The first-order valence-corrected chi connectivity index (χ1v) is 9.44. The normalized spacial score (nSPS) is 21.5. The summed E-state index contributed by atoms with van der Waals surface area (Å²) in [5, 5.41) is 4.10. The van der Waals surface area contributed by atoms with Crippen LogP contribution in [0.15, 0.2) is 18.3 Å². The Hall–Kier alpha value is -1.73. The molecule has 0 N–H and O–H groups in total. The van der Waals surface area contributed by atoms with Gasteiger partial charge in [-0.25, -0.2) is 4.98 Å². The fourth-order valence-corrected chi connectivity index (χ4v) is 4.13. The third kappa shape index (κ3) is 3.37. The van der Waals surface area contributed by atoms with Crippen molar-refractivity contribution in [1.29, 1.82) is 0 Å². The minimum absolute atomic E-state index is 0.233. The average molecular weight is 345 g/mol. The van der Waals surface area contributed by atoms with Crippen molar-refractivity contribution in [3.05, 3.63) is 28.9 Å². The first-order chi connectivity index (χ1) is 11.8. The van der Waals surface area contributed by atoms with Crippen LogP contribution in [0.5, 0.6) is 5.75 Å². The summed E-state index contributed by atoms with van der Waals surface area (Å²) in [6.45, 7) is 7.13. The second kappa shape index (κ2) is 7.03. The lowest BCUT2D eigenvalue weighted by Gasteiger charge is -2.22. The van der Waals surface area contributed by atoms with Crippen LogP contribution in [0.1, 0.15) is 29.8 Å². The van der Waals surface area contributed by atoms with E-state index in [0.717, 1.165) is 56.4 Å². The Labute approximate surface area is 146 Å². The van der Waals surface area contributed by atoms with Crippen LogP contribution in [0.25, 0.3) is 0 Å². The first-order valence-electron chi connectivity index (χ1n) is 8.66. The molecule has 0 bridgehead atoms. The molecular weight excluding hydrogens is 322 g/mol. The van der Waals surface area contributed by atoms with E-state index in [0.29, 0.717) is 0 Å².